The monoisotopic (exact) mass is 246 g/mol. The van der Waals surface area contributed by atoms with Crippen LogP contribution < -0.4 is 16.2 Å². The molecule has 1 aromatic rings. The van der Waals surface area contributed by atoms with Gasteiger partial charge in [-0.1, -0.05) is 0 Å². The molecule has 0 fully saturated rings. The molecule has 17 heavy (non-hydrogen) atoms. The summed E-state index contributed by atoms with van der Waals surface area (Å²) < 4.78 is 39.8. The van der Waals surface area contributed by atoms with Gasteiger partial charge in [-0.2, -0.15) is 5.26 Å². The SMILES string of the molecule is N#Cc1c(N)ncc(C(N)=O)c1OC(F)(F)F. The van der Waals surface area contributed by atoms with E-state index in [-0.39, 0.29) is 0 Å². The predicted octanol–water partition coefficient (Wildman–Crippen LogP) is 0.533. The number of pyridine rings is 1. The number of amides is 1. The van der Waals surface area contributed by atoms with E-state index in [1.807, 2.05) is 0 Å². The van der Waals surface area contributed by atoms with Crippen LogP contribution in [0.3, 0.4) is 0 Å². The Morgan fingerprint density at radius 1 is 1.53 bits per heavy atom. The number of carbonyl (C=O) groups is 1. The number of hydrogen-bond acceptors (Lipinski definition) is 5. The molecule has 90 valence electrons. The van der Waals surface area contributed by atoms with Crippen molar-refractivity contribution in [3.63, 3.8) is 0 Å². The zero-order valence-electron chi connectivity index (χ0n) is 8.08. The van der Waals surface area contributed by atoms with Gasteiger partial charge in [-0.05, 0) is 0 Å². The summed E-state index contributed by atoms with van der Waals surface area (Å²) in [6, 6.07) is 1.36. The molecule has 0 atom stereocenters. The molecule has 1 amide bonds. The number of ether oxygens (including phenoxy) is 1. The normalized spacial score (nSPS) is 10.7. The Labute approximate surface area is 92.6 Å². The fraction of sp³-hybridized carbons (Fsp3) is 0.125. The van der Waals surface area contributed by atoms with Crippen LogP contribution in [-0.2, 0) is 0 Å². The molecule has 0 radical (unpaired) electrons. The highest BCUT2D eigenvalue weighted by atomic mass is 19.4. The van der Waals surface area contributed by atoms with Gasteiger partial charge in [0, 0.05) is 6.20 Å². The molecule has 1 heterocycles. The zero-order valence-corrected chi connectivity index (χ0v) is 8.08. The number of aromatic nitrogens is 1. The second-order valence-corrected chi connectivity index (χ2v) is 2.79. The summed E-state index contributed by atoms with van der Waals surface area (Å²) in [4.78, 5) is 14.2. The molecule has 1 aromatic heterocycles. The molecule has 0 aromatic carbocycles. The van der Waals surface area contributed by atoms with Crippen LogP contribution in [0.2, 0.25) is 0 Å². The molecule has 6 nitrogen and oxygen atoms in total. The summed E-state index contributed by atoms with van der Waals surface area (Å²) in [6.07, 6.45) is -4.37. The molecule has 0 saturated carbocycles. The van der Waals surface area contributed by atoms with E-state index >= 15 is 0 Å². The summed E-state index contributed by atoms with van der Waals surface area (Å²) >= 11 is 0. The van der Waals surface area contributed by atoms with Crippen molar-refractivity contribution in [2.45, 2.75) is 6.36 Å². The third kappa shape index (κ3) is 2.75. The highest BCUT2D eigenvalue weighted by Gasteiger charge is 2.35. The van der Waals surface area contributed by atoms with Gasteiger partial charge in [0.05, 0.1) is 0 Å². The molecule has 0 bridgehead atoms. The second-order valence-electron chi connectivity index (χ2n) is 2.79. The molecule has 0 aliphatic carbocycles. The lowest BCUT2D eigenvalue weighted by atomic mass is 10.1. The van der Waals surface area contributed by atoms with Crippen LogP contribution >= 0.6 is 0 Å². The number of halogens is 3. The lowest BCUT2D eigenvalue weighted by molar-refractivity contribution is -0.274. The number of rotatable bonds is 2. The maximum Gasteiger partial charge on any atom is 0.573 e. The number of alkyl halides is 3. The van der Waals surface area contributed by atoms with Crippen molar-refractivity contribution in [2.75, 3.05) is 5.73 Å². The fourth-order valence-corrected chi connectivity index (χ4v) is 1.01. The van der Waals surface area contributed by atoms with Gasteiger partial charge in [-0.3, -0.25) is 4.79 Å². The zero-order chi connectivity index (χ0) is 13.2. The largest absolute Gasteiger partial charge is 0.573 e. The third-order valence-corrected chi connectivity index (χ3v) is 1.66. The van der Waals surface area contributed by atoms with Crippen molar-refractivity contribution in [3.05, 3.63) is 17.3 Å². The van der Waals surface area contributed by atoms with Crippen LogP contribution in [0.1, 0.15) is 15.9 Å². The van der Waals surface area contributed by atoms with E-state index in [1.165, 1.54) is 6.07 Å². The van der Waals surface area contributed by atoms with Crippen LogP contribution in [-0.4, -0.2) is 17.3 Å². The number of hydrogen-bond donors (Lipinski definition) is 2. The molecular formula is C8H5F3N4O2. The summed E-state index contributed by atoms with van der Waals surface area (Å²) in [7, 11) is 0. The van der Waals surface area contributed by atoms with Gasteiger partial charge < -0.3 is 16.2 Å². The number of nitrogen functional groups attached to an aromatic ring is 1. The van der Waals surface area contributed by atoms with Crippen LogP contribution in [0.5, 0.6) is 5.75 Å². The maximum atomic E-state index is 12.1. The first-order valence-corrected chi connectivity index (χ1v) is 4.00. The van der Waals surface area contributed by atoms with Crippen LogP contribution in [0.25, 0.3) is 0 Å². The number of nitriles is 1. The van der Waals surface area contributed by atoms with E-state index in [2.05, 4.69) is 9.72 Å². The Morgan fingerprint density at radius 3 is 2.53 bits per heavy atom. The van der Waals surface area contributed by atoms with Gasteiger partial charge >= 0.3 is 6.36 Å². The lowest BCUT2D eigenvalue weighted by Gasteiger charge is -2.13. The first-order chi connectivity index (χ1) is 7.76. The molecule has 4 N–H and O–H groups in total. The average Bonchev–Trinajstić information content (AvgIpc) is 2.15. The lowest BCUT2D eigenvalue weighted by Crippen LogP contribution is -2.22. The molecule has 9 heteroatoms. The Morgan fingerprint density at radius 2 is 2.12 bits per heavy atom. The van der Waals surface area contributed by atoms with Gasteiger partial charge in [0.25, 0.3) is 5.91 Å². The van der Waals surface area contributed by atoms with Crippen molar-refractivity contribution in [1.82, 2.24) is 4.98 Å². The Kier molecular flexibility index (Phi) is 3.08. The summed E-state index contributed by atoms with van der Waals surface area (Å²) in [5.41, 5.74) is 8.65. The molecule has 1 rings (SSSR count). The van der Waals surface area contributed by atoms with Crippen LogP contribution in [0, 0.1) is 11.3 Å². The van der Waals surface area contributed by atoms with E-state index in [4.69, 9.17) is 16.7 Å². The van der Waals surface area contributed by atoms with Gasteiger partial charge in [-0.15, -0.1) is 13.2 Å². The molecule has 0 aliphatic rings. The number of anilines is 1. The summed E-state index contributed by atoms with van der Waals surface area (Å²) in [5.74, 6) is -2.75. The minimum atomic E-state index is -5.08. The van der Waals surface area contributed by atoms with E-state index in [0.717, 1.165) is 0 Å². The van der Waals surface area contributed by atoms with Crippen molar-refractivity contribution in [3.8, 4) is 11.8 Å². The first-order valence-electron chi connectivity index (χ1n) is 4.00. The number of primary amides is 1. The van der Waals surface area contributed by atoms with Gasteiger partial charge in [-0.25, -0.2) is 4.98 Å². The predicted molar refractivity (Wildman–Crippen MR) is 48.6 cm³/mol. The number of nitrogens with two attached hydrogens (primary N) is 2. The van der Waals surface area contributed by atoms with Crippen LogP contribution in [0.15, 0.2) is 6.20 Å². The van der Waals surface area contributed by atoms with Crippen molar-refractivity contribution < 1.29 is 22.7 Å². The smallest absolute Gasteiger partial charge is 0.403 e. The van der Waals surface area contributed by atoms with E-state index in [0.29, 0.717) is 6.20 Å². The highest BCUT2D eigenvalue weighted by molar-refractivity contribution is 5.96. The minimum Gasteiger partial charge on any atom is -0.403 e. The Hall–Kier alpha value is -2.50. The molecule has 0 unspecified atom stereocenters. The molecule has 0 aliphatic heterocycles. The summed E-state index contributed by atoms with van der Waals surface area (Å²) in [5, 5.41) is 8.63. The van der Waals surface area contributed by atoms with Gasteiger partial charge in [0.2, 0.25) is 0 Å². The average molecular weight is 246 g/mol. The second kappa shape index (κ2) is 4.17. The maximum absolute atomic E-state index is 12.1. The van der Waals surface area contributed by atoms with Crippen molar-refractivity contribution >= 4 is 11.7 Å². The topological polar surface area (TPSA) is 115 Å². The van der Waals surface area contributed by atoms with E-state index < -0.39 is 35.0 Å². The first kappa shape index (κ1) is 12.6. The van der Waals surface area contributed by atoms with Gasteiger partial charge in [0.15, 0.2) is 5.75 Å². The van der Waals surface area contributed by atoms with Gasteiger partial charge in [0.1, 0.15) is 23.0 Å². The number of carbonyl (C=O) groups excluding carboxylic acids is 1. The highest BCUT2D eigenvalue weighted by Crippen LogP contribution is 2.31. The fourth-order valence-electron chi connectivity index (χ4n) is 1.01. The van der Waals surface area contributed by atoms with E-state index in [1.54, 1.807) is 0 Å². The third-order valence-electron chi connectivity index (χ3n) is 1.66. The number of nitrogens with zero attached hydrogens (tertiary/aromatic N) is 2. The van der Waals surface area contributed by atoms with Crippen molar-refractivity contribution in [2.24, 2.45) is 5.73 Å². The summed E-state index contributed by atoms with van der Waals surface area (Å²) in [6.45, 7) is 0. The Balaban J connectivity index is 3.46. The van der Waals surface area contributed by atoms with Crippen LogP contribution in [0.4, 0.5) is 19.0 Å². The molecule has 0 saturated heterocycles. The quantitative estimate of drug-likeness (QED) is 0.789. The van der Waals surface area contributed by atoms with Crippen molar-refractivity contribution in [1.29, 1.82) is 5.26 Å². The minimum absolute atomic E-state index is 0.489. The molecule has 0 spiro atoms. The Bertz CT molecular complexity index is 507. The molecular weight excluding hydrogens is 241 g/mol. The van der Waals surface area contributed by atoms with E-state index in [9.17, 15) is 18.0 Å². The standard InChI is InChI=1S/C8H5F3N4O2/c9-8(10,11)17-5-3(1-12)6(13)15-2-4(5)7(14)16/h2H,(H2,13,15)(H2,14,16).